The van der Waals surface area contributed by atoms with Gasteiger partial charge in [0.15, 0.2) is 0 Å². The van der Waals surface area contributed by atoms with Crippen molar-refractivity contribution < 1.29 is 53.3 Å². The van der Waals surface area contributed by atoms with Crippen LogP contribution >= 0.6 is 0 Å². The molecule has 0 atom stereocenters. The van der Waals surface area contributed by atoms with Gasteiger partial charge in [0.25, 0.3) is 5.69 Å². The van der Waals surface area contributed by atoms with Crippen LogP contribution in [0.5, 0.6) is 34.5 Å². The first kappa shape index (κ1) is 37.9. The number of esters is 2. The van der Waals surface area contributed by atoms with Gasteiger partial charge in [0, 0.05) is 17.5 Å². The average Bonchev–Trinajstić information content (AvgIpc) is 3.19. The minimum absolute atomic E-state index is 0.0522. The lowest BCUT2D eigenvalue weighted by atomic mass is 9.78. The van der Waals surface area contributed by atoms with E-state index >= 15 is 0 Å². The van der Waals surface area contributed by atoms with E-state index in [0.717, 1.165) is 29.3 Å². The van der Waals surface area contributed by atoms with Crippen molar-refractivity contribution in [3.63, 3.8) is 0 Å². The van der Waals surface area contributed by atoms with Gasteiger partial charge < -0.3 is 29.2 Å². The number of rotatable bonds is 13. The fourth-order valence-electron chi connectivity index (χ4n) is 5.64. The predicted molar refractivity (Wildman–Crippen MR) is 201 cm³/mol. The molecule has 0 heterocycles. The Labute approximate surface area is 319 Å². The molecule has 6 aromatic carbocycles. The number of nitrogens with zero attached hydrogens (tertiary/aromatic N) is 1. The summed E-state index contributed by atoms with van der Waals surface area (Å²) in [6.07, 6.45) is 0. The summed E-state index contributed by atoms with van der Waals surface area (Å²) in [4.78, 5) is 58.7. The van der Waals surface area contributed by atoms with Crippen LogP contribution in [-0.4, -0.2) is 39.0 Å². The van der Waals surface area contributed by atoms with Crippen molar-refractivity contribution in [2.75, 3.05) is 0 Å². The number of benzene rings is 6. The van der Waals surface area contributed by atoms with Crippen LogP contribution in [0.25, 0.3) is 0 Å². The molecule has 0 radical (unpaired) electrons. The van der Waals surface area contributed by atoms with Crippen LogP contribution in [0, 0.1) is 10.1 Å². The molecule has 0 aromatic heterocycles. The quantitative estimate of drug-likeness (QED) is 0.0493. The minimum atomic E-state index is -1.43. The van der Waals surface area contributed by atoms with Crippen LogP contribution in [0.1, 0.15) is 66.4 Å². The van der Waals surface area contributed by atoms with Gasteiger partial charge in [0.1, 0.15) is 34.5 Å². The van der Waals surface area contributed by atoms with Crippen molar-refractivity contribution in [3.05, 3.63) is 183 Å². The summed E-state index contributed by atoms with van der Waals surface area (Å²) in [6, 6.07) is 36.2. The molecule has 6 aromatic rings. The second-order valence-corrected chi connectivity index (χ2v) is 12.7. The highest BCUT2D eigenvalue weighted by Gasteiger charge is 2.25. The van der Waals surface area contributed by atoms with Gasteiger partial charge in [-0.25, -0.2) is 19.2 Å². The maximum absolute atomic E-state index is 12.7. The first-order chi connectivity index (χ1) is 26.8. The molecular formula is C43H31NO12. The number of hydrogen-bond donors (Lipinski definition) is 2. The Balaban J connectivity index is 1.04. The normalized spacial score (nSPS) is 10.9. The Bertz CT molecular complexity index is 2440. The first-order valence-electron chi connectivity index (χ1n) is 16.8. The number of ether oxygens (including phenoxy) is 4. The van der Waals surface area contributed by atoms with Crippen LogP contribution in [-0.2, 0) is 5.41 Å². The van der Waals surface area contributed by atoms with Crippen molar-refractivity contribution in [1.82, 2.24) is 0 Å². The highest BCUT2D eigenvalue weighted by atomic mass is 16.6. The molecule has 0 aliphatic rings. The zero-order valence-corrected chi connectivity index (χ0v) is 29.7. The van der Waals surface area contributed by atoms with Crippen molar-refractivity contribution in [3.8, 4) is 34.5 Å². The van der Waals surface area contributed by atoms with E-state index in [-0.39, 0.29) is 22.6 Å². The number of nitro benzene ring substituents is 1. The number of carboxylic acid groups (broad SMARTS) is 2. The standard InChI is InChI=1S/C43H31NO12/c1-43(2,26-7-12-29(13-8-26)53-31-16-20-33(21-17-31)55-41(49)37-6-4-3-5-35(37)39(45)46)27-9-14-30(15-10-27)54-32-18-22-34(23-19-32)56-42(50)38-25-28(44(51)52)11-24-36(38)40(47)48/h3-25H,1-2H3,(H,45,46)(H,47,48). The maximum Gasteiger partial charge on any atom is 0.344 e. The number of non-ortho nitro benzene ring substituents is 1. The molecule has 56 heavy (non-hydrogen) atoms. The summed E-state index contributed by atoms with van der Waals surface area (Å²) in [6.45, 7) is 4.17. The van der Waals surface area contributed by atoms with Gasteiger partial charge in [-0.1, -0.05) is 50.2 Å². The molecule has 0 saturated heterocycles. The molecule has 0 fully saturated rings. The number of carboxylic acids is 2. The molecule has 0 saturated carbocycles. The molecule has 0 aliphatic carbocycles. The Morgan fingerprint density at radius 3 is 1.27 bits per heavy atom. The van der Waals surface area contributed by atoms with Crippen molar-refractivity contribution in [1.29, 1.82) is 0 Å². The van der Waals surface area contributed by atoms with Crippen molar-refractivity contribution in [2.24, 2.45) is 0 Å². The molecule has 0 spiro atoms. The van der Waals surface area contributed by atoms with Crippen LogP contribution in [0.4, 0.5) is 5.69 Å². The van der Waals surface area contributed by atoms with Gasteiger partial charge in [0.2, 0.25) is 0 Å². The largest absolute Gasteiger partial charge is 0.478 e. The number of carbonyl (C=O) groups is 4. The van der Waals surface area contributed by atoms with Gasteiger partial charge in [-0.2, -0.15) is 0 Å². The van der Waals surface area contributed by atoms with Gasteiger partial charge in [-0.15, -0.1) is 0 Å². The van der Waals surface area contributed by atoms with Gasteiger partial charge in [-0.3, -0.25) is 10.1 Å². The van der Waals surface area contributed by atoms with Crippen LogP contribution in [0.2, 0.25) is 0 Å². The number of hydrogen-bond acceptors (Lipinski definition) is 10. The lowest BCUT2D eigenvalue weighted by molar-refractivity contribution is -0.384. The van der Waals surface area contributed by atoms with Gasteiger partial charge in [-0.05, 0) is 102 Å². The molecule has 6 rings (SSSR count). The summed E-state index contributed by atoms with van der Waals surface area (Å²) in [5.74, 6) is -2.11. The van der Waals surface area contributed by atoms with E-state index in [2.05, 4.69) is 13.8 Å². The topological polar surface area (TPSA) is 189 Å². The monoisotopic (exact) mass is 753 g/mol. The van der Waals surface area contributed by atoms with E-state index in [9.17, 15) is 39.5 Å². The lowest BCUT2D eigenvalue weighted by Crippen LogP contribution is -2.18. The van der Waals surface area contributed by atoms with Crippen LogP contribution in [0.3, 0.4) is 0 Å². The molecule has 0 aliphatic heterocycles. The molecule has 280 valence electrons. The Morgan fingerprint density at radius 1 is 0.500 bits per heavy atom. The van der Waals surface area contributed by atoms with E-state index in [0.29, 0.717) is 23.0 Å². The Hall–Kier alpha value is -7.80. The summed E-state index contributed by atoms with van der Waals surface area (Å²) in [7, 11) is 0. The number of aromatic carboxylic acids is 2. The summed E-state index contributed by atoms with van der Waals surface area (Å²) in [5, 5.41) is 29.9. The van der Waals surface area contributed by atoms with Crippen molar-refractivity contribution in [2.45, 2.75) is 19.3 Å². The molecule has 13 heteroatoms. The molecule has 0 bridgehead atoms. The molecule has 13 nitrogen and oxygen atoms in total. The second kappa shape index (κ2) is 16.1. The van der Waals surface area contributed by atoms with E-state index in [1.54, 1.807) is 42.5 Å². The second-order valence-electron chi connectivity index (χ2n) is 12.7. The third-order valence-electron chi connectivity index (χ3n) is 8.73. The van der Waals surface area contributed by atoms with Crippen LogP contribution in [0.15, 0.2) is 140 Å². The molecule has 2 N–H and O–H groups in total. The van der Waals surface area contributed by atoms with Crippen LogP contribution < -0.4 is 18.9 Å². The van der Waals surface area contributed by atoms with E-state index in [1.807, 2.05) is 48.5 Å². The van der Waals surface area contributed by atoms with E-state index < -0.39 is 51.0 Å². The lowest BCUT2D eigenvalue weighted by Gasteiger charge is -2.26. The molecule has 0 unspecified atom stereocenters. The summed E-state index contributed by atoms with van der Waals surface area (Å²) in [5.41, 5.74) is 0.116. The first-order valence-corrected chi connectivity index (χ1v) is 16.8. The molecular weight excluding hydrogens is 722 g/mol. The summed E-state index contributed by atoms with van der Waals surface area (Å²) >= 11 is 0. The van der Waals surface area contributed by atoms with Crippen molar-refractivity contribution >= 4 is 29.6 Å². The fourth-order valence-corrected chi connectivity index (χ4v) is 5.64. The minimum Gasteiger partial charge on any atom is -0.478 e. The predicted octanol–water partition coefficient (Wildman–Crippen LogP) is 9.34. The third-order valence-corrected chi connectivity index (χ3v) is 8.73. The highest BCUT2D eigenvalue weighted by molar-refractivity contribution is 6.04. The summed E-state index contributed by atoms with van der Waals surface area (Å²) < 4.78 is 22.6. The SMILES string of the molecule is CC(C)(c1ccc(Oc2ccc(OC(=O)c3ccccc3C(=O)O)cc2)cc1)c1ccc(Oc2ccc(OC(=O)c3cc([N+](=O)[O-])ccc3C(=O)O)cc2)cc1. The van der Waals surface area contributed by atoms with Gasteiger partial charge >= 0.3 is 23.9 Å². The highest BCUT2D eigenvalue weighted by Crippen LogP contribution is 2.35. The zero-order chi connectivity index (χ0) is 40.0. The zero-order valence-electron chi connectivity index (χ0n) is 29.7. The van der Waals surface area contributed by atoms with E-state index in [4.69, 9.17) is 18.9 Å². The third kappa shape index (κ3) is 8.69. The number of nitro groups is 1. The smallest absolute Gasteiger partial charge is 0.344 e. The molecule has 0 amide bonds. The van der Waals surface area contributed by atoms with E-state index in [1.165, 1.54) is 30.3 Å². The fraction of sp³-hybridized carbons (Fsp3) is 0.0698. The van der Waals surface area contributed by atoms with Gasteiger partial charge in [0.05, 0.1) is 27.2 Å². The Morgan fingerprint density at radius 2 is 0.857 bits per heavy atom. The maximum atomic E-state index is 12.7. The Kier molecular flexibility index (Phi) is 10.9. The average molecular weight is 754 g/mol. The number of carbonyl (C=O) groups excluding carboxylic acids is 2.